The molecule has 1 fully saturated rings. The van der Waals surface area contributed by atoms with Gasteiger partial charge in [-0.05, 0) is 41.3 Å². The fraction of sp³-hybridized carbons (Fsp3) is 0.333. The molecule has 3 aromatic rings. The number of rotatable bonds is 6. The summed E-state index contributed by atoms with van der Waals surface area (Å²) in [7, 11) is -3.67. The third kappa shape index (κ3) is 4.41. The smallest absolute Gasteiger partial charge is 0.248 e. The number of amides is 1. The highest BCUT2D eigenvalue weighted by molar-refractivity contribution is 7.89. The molecule has 0 saturated carbocycles. The Kier molecular flexibility index (Phi) is 5.90. The molecule has 4 rings (SSSR count). The summed E-state index contributed by atoms with van der Waals surface area (Å²) in [5.41, 5.74) is 0.994. The van der Waals surface area contributed by atoms with Crippen molar-refractivity contribution in [2.75, 3.05) is 31.6 Å². The predicted octanol–water partition coefficient (Wildman–Crippen LogP) is 1.37. The number of carbonyl (C=O) groups excluding carboxylic acids is 1. The lowest BCUT2D eigenvalue weighted by molar-refractivity contribution is -0.117. The van der Waals surface area contributed by atoms with Crippen molar-refractivity contribution >= 4 is 33.0 Å². The van der Waals surface area contributed by atoms with Crippen molar-refractivity contribution in [1.29, 1.82) is 0 Å². The van der Waals surface area contributed by atoms with Gasteiger partial charge in [-0.25, -0.2) is 8.42 Å². The zero-order valence-electron chi connectivity index (χ0n) is 16.2. The van der Waals surface area contributed by atoms with Crippen LogP contribution in [0.4, 0.5) is 5.69 Å². The van der Waals surface area contributed by atoms with E-state index in [2.05, 4.69) is 20.7 Å². The van der Waals surface area contributed by atoms with Gasteiger partial charge in [-0.3, -0.25) is 4.79 Å². The van der Waals surface area contributed by atoms with Crippen molar-refractivity contribution in [3.63, 3.8) is 0 Å². The zero-order valence-corrected chi connectivity index (χ0v) is 17.8. The minimum atomic E-state index is -3.67. The summed E-state index contributed by atoms with van der Waals surface area (Å²) in [4.78, 5) is 14.6. The Morgan fingerprint density at radius 1 is 1.27 bits per heavy atom. The highest BCUT2D eigenvalue weighted by Gasteiger charge is 2.28. The molecule has 158 valence electrons. The van der Waals surface area contributed by atoms with Gasteiger partial charge in [0.15, 0.2) is 0 Å². The highest BCUT2D eigenvalue weighted by Crippen LogP contribution is 2.24. The van der Waals surface area contributed by atoms with Crippen molar-refractivity contribution in [3.8, 4) is 10.7 Å². The van der Waals surface area contributed by atoms with Gasteiger partial charge in [0.2, 0.25) is 21.8 Å². The number of sulfonamides is 1. The Morgan fingerprint density at radius 2 is 2.07 bits per heavy atom. The molecule has 3 heterocycles. The summed E-state index contributed by atoms with van der Waals surface area (Å²) < 4.78 is 32.6. The van der Waals surface area contributed by atoms with Crippen LogP contribution >= 0.6 is 11.3 Å². The fourth-order valence-corrected chi connectivity index (χ4v) is 5.33. The minimum Gasteiger partial charge on any atom is -0.379 e. The van der Waals surface area contributed by atoms with Gasteiger partial charge in [0.25, 0.3) is 0 Å². The maximum Gasteiger partial charge on any atom is 0.248 e. The summed E-state index contributed by atoms with van der Waals surface area (Å²) in [6.07, 6.45) is 0. The van der Waals surface area contributed by atoms with Gasteiger partial charge in [-0.2, -0.15) is 9.10 Å². The van der Waals surface area contributed by atoms with Crippen LogP contribution in [0.25, 0.3) is 10.7 Å². The second-order valence-electron chi connectivity index (χ2n) is 6.67. The van der Waals surface area contributed by atoms with E-state index in [1.165, 1.54) is 26.5 Å². The molecular formula is C18H20N6O4S2. The molecule has 1 aliphatic rings. The standard InChI is InChI=1S/C18H20N6O4S2/c1-13-4-5-14(11-16(13)30(26,27)23-6-8-28-9-7-23)19-17(25)12-24-21-18(20-22-24)15-3-2-10-29-15/h2-5,10-11H,6-9,12H2,1H3,(H,19,25). The zero-order chi connectivity index (χ0) is 21.1. The average molecular weight is 449 g/mol. The summed E-state index contributed by atoms with van der Waals surface area (Å²) in [5.74, 6) is 0.0655. The van der Waals surface area contributed by atoms with Crippen LogP contribution in [0.2, 0.25) is 0 Å². The number of aryl methyl sites for hydroxylation is 1. The number of hydrogen-bond acceptors (Lipinski definition) is 8. The van der Waals surface area contributed by atoms with Crippen LogP contribution in [0.1, 0.15) is 5.56 Å². The van der Waals surface area contributed by atoms with Crippen LogP contribution in [0.15, 0.2) is 40.6 Å². The molecule has 1 amide bonds. The first-order valence-electron chi connectivity index (χ1n) is 9.23. The Hall–Kier alpha value is -2.67. The van der Waals surface area contributed by atoms with E-state index < -0.39 is 10.0 Å². The highest BCUT2D eigenvalue weighted by atomic mass is 32.2. The lowest BCUT2D eigenvalue weighted by Crippen LogP contribution is -2.40. The van der Waals surface area contributed by atoms with E-state index in [4.69, 9.17) is 4.74 Å². The van der Waals surface area contributed by atoms with E-state index in [1.54, 1.807) is 19.1 Å². The molecule has 0 spiro atoms. The molecule has 0 atom stereocenters. The molecule has 10 nitrogen and oxygen atoms in total. The summed E-state index contributed by atoms with van der Waals surface area (Å²) in [6, 6.07) is 8.56. The first-order valence-corrected chi connectivity index (χ1v) is 11.6. The topological polar surface area (TPSA) is 119 Å². The third-order valence-corrected chi connectivity index (χ3v) is 7.45. The maximum absolute atomic E-state index is 13.0. The van der Waals surface area contributed by atoms with Crippen molar-refractivity contribution < 1.29 is 17.9 Å². The lowest BCUT2D eigenvalue weighted by atomic mass is 10.2. The van der Waals surface area contributed by atoms with Crippen LogP contribution in [0, 0.1) is 6.92 Å². The first kappa shape index (κ1) is 20.6. The van der Waals surface area contributed by atoms with Gasteiger partial charge in [0.1, 0.15) is 6.54 Å². The van der Waals surface area contributed by atoms with E-state index >= 15 is 0 Å². The van der Waals surface area contributed by atoms with E-state index in [1.807, 2.05) is 17.5 Å². The fourth-order valence-electron chi connectivity index (χ4n) is 3.03. The first-order chi connectivity index (χ1) is 14.4. The van der Waals surface area contributed by atoms with Gasteiger partial charge in [-0.15, -0.1) is 21.5 Å². The number of nitrogens with one attached hydrogen (secondary N) is 1. The number of nitrogens with zero attached hydrogens (tertiary/aromatic N) is 5. The normalized spacial score (nSPS) is 15.2. The molecule has 0 aliphatic carbocycles. The van der Waals surface area contributed by atoms with Gasteiger partial charge in [0.05, 0.1) is 23.0 Å². The Labute approximate surface area is 177 Å². The number of benzene rings is 1. The molecule has 30 heavy (non-hydrogen) atoms. The summed E-state index contributed by atoms with van der Waals surface area (Å²) in [6.45, 7) is 2.94. The summed E-state index contributed by atoms with van der Waals surface area (Å²) >= 11 is 1.48. The molecule has 2 aromatic heterocycles. The van der Waals surface area contributed by atoms with Crippen LogP contribution in [-0.4, -0.2) is 65.1 Å². The van der Waals surface area contributed by atoms with Crippen LogP contribution in [0.5, 0.6) is 0 Å². The van der Waals surface area contributed by atoms with Crippen molar-refractivity contribution in [2.45, 2.75) is 18.4 Å². The van der Waals surface area contributed by atoms with Gasteiger partial charge in [0, 0.05) is 18.8 Å². The van der Waals surface area contributed by atoms with Gasteiger partial charge >= 0.3 is 0 Å². The molecule has 1 aliphatic heterocycles. The van der Waals surface area contributed by atoms with Crippen molar-refractivity contribution in [2.24, 2.45) is 0 Å². The Balaban J connectivity index is 1.47. The largest absolute Gasteiger partial charge is 0.379 e. The van der Waals surface area contributed by atoms with Crippen LogP contribution < -0.4 is 5.32 Å². The number of thiophene rings is 1. The van der Waals surface area contributed by atoms with E-state index in [9.17, 15) is 13.2 Å². The number of morpholine rings is 1. The molecule has 0 unspecified atom stereocenters. The second kappa shape index (κ2) is 8.60. The summed E-state index contributed by atoms with van der Waals surface area (Å²) in [5, 5.41) is 16.6. The van der Waals surface area contributed by atoms with E-state index in [0.29, 0.717) is 43.4 Å². The van der Waals surface area contributed by atoms with E-state index in [0.717, 1.165) is 4.88 Å². The molecule has 12 heteroatoms. The molecule has 1 aromatic carbocycles. The number of carbonyl (C=O) groups is 1. The van der Waals surface area contributed by atoms with Crippen molar-refractivity contribution in [3.05, 3.63) is 41.3 Å². The lowest BCUT2D eigenvalue weighted by Gasteiger charge is -2.26. The molecule has 1 N–H and O–H groups in total. The van der Waals surface area contributed by atoms with Crippen molar-refractivity contribution in [1.82, 2.24) is 24.5 Å². The molecule has 0 bridgehead atoms. The number of hydrogen-bond donors (Lipinski definition) is 1. The molecular weight excluding hydrogens is 428 g/mol. The molecule has 1 saturated heterocycles. The number of anilines is 1. The van der Waals surface area contributed by atoms with Crippen LogP contribution in [0.3, 0.4) is 0 Å². The quantitative estimate of drug-likeness (QED) is 0.605. The number of aromatic nitrogens is 4. The number of tetrazole rings is 1. The predicted molar refractivity (Wildman–Crippen MR) is 111 cm³/mol. The SMILES string of the molecule is Cc1ccc(NC(=O)Cn2nnc(-c3cccs3)n2)cc1S(=O)(=O)N1CCOCC1. The average Bonchev–Trinajstić information content (AvgIpc) is 3.42. The molecule has 0 radical (unpaired) electrons. The number of ether oxygens (including phenoxy) is 1. The van der Waals surface area contributed by atoms with E-state index in [-0.39, 0.29) is 17.3 Å². The van der Waals surface area contributed by atoms with Gasteiger partial charge in [-0.1, -0.05) is 12.1 Å². The Bertz CT molecular complexity index is 1140. The minimum absolute atomic E-state index is 0.141. The second-order valence-corrected chi connectivity index (χ2v) is 9.52. The van der Waals surface area contributed by atoms with Crippen LogP contribution in [-0.2, 0) is 26.1 Å². The Morgan fingerprint density at radius 3 is 2.80 bits per heavy atom. The monoisotopic (exact) mass is 448 g/mol. The van der Waals surface area contributed by atoms with Gasteiger partial charge < -0.3 is 10.1 Å². The maximum atomic E-state index is 13.0. The third-order valence-electron chi connectivity index (χ3n) is 4.54.